The van der Waals surface area contributed by atoms with E-state index >= 15 is 0 Å². The molecule has 134 valence electrons. The number of anilines is 1. The molecular weight excluding hydrogens is 343 g/mol. The van der Waals surface area contributed by atoms with Crippen LogP contribution in [0.2, 0.25) is 0 Å². The summed E-state index contributed by atoms with van der Waals surface area (Å²) >= 11 is 0. The molecule has 0 atom stereocenters. The highest BCUT2D eigenvalue weighted by atomic mass is 19.1. The second-order valence-electron chi connectivity index (χ2n) is 6.14. The van der Waals surface area contributed by atoms with Crippen LogP contribution >= 0.6 is 0 Å². The van der Waals surface area contributed by atoms with E-state index in [1.54, 1.807) is 18.5 Å². The van der Waals surface area contributed by atoms with E-state index < -0.39 is 5.95 Å². The average molecular weight is 360 g/mol. The molecule has 0 aliphatic carbocycles. The second kappa shape index (κ2) is 7.78. The van der Waals surface area contributed by atoms with Crippen molar-refractivity contribution in [2.75, 3.05) is 5.32 Å². The third-order valence-corrected chi connectivity index (χ3v) is 4.14. The van der Waals surface area contributed by atoms with Crippen molar-refractivity contribution < 1.29 is 8.91 Å². The van der Waals surface area contributed by atoms with Gasteiger partial charge in [-0.25, -0.2) is 4.98 Å². The lowest BCUT2D eigenvalue weighted by Crippen LogP contribution is -2.00. The lowest BCUT2D eigenvalue weighted by atomic mass is 10.1. The number of hydrogen-bond acceptors (Lipinski definition) is 5. The van der Waals surface area contributed by atoms with Gasteiger partial charge in [0.25, 0.3) is 0 Å². The molecule has 3 aromatic heterocycles. The van der Waals surface area contributed by atoms with Crippen molar-refractivity contribution in [3.63, 3.8) is 0 Å². The van der Waals surface area contributed by atoms with E-state index in [2.05, 4.69) is 32.6 Å². The van der Waals surface area contributed by atoms with Gasteiger partial charge in [0.1, 0.15) is 0 Å². The Kier molecular flexibility index (Phi) is 4.87. The van der Waals surface area contributed by atoms with Crippen LogP contribution in [0.5, 0.6) is 0 Å². The molecule has 0 saturated carbocycles. The molecule has 4 rings (SSSR count). The van der Waals surface area contributed by atoms with Gasteiger partial charge in [-0.3, -0.25) is 4.98 Å². The third kappa shape index (κ3) is 4.36. The van der Waals surface area contributed by atoms with Crippen LogP contribution in [-0.4, -0.2) is 15.1 Å². The van der Waals surface area contributed by atoms with Crippen molar-refractivity contribution in [2.45, 2.75) is 13.0 Å². The van der Waals surface area contributed by atoms with Gasteiger partial charge in [0.05, 0.1) is 5.69 Å². The van der Waals surface area contributed by atoms with Crippen LogP contribution in [-0.2, 0) is 13.0 Å². The monoisotopic (exact) mass is 360 g/mol. The topological polar surface area (TPSA) is 63.8 Å². The SMILES string of the molecule is Fc1cc(NCc2ccc(Cc3cc(-c4cccnc4)on3)cc2)ccn1. The van der Waals surface area contributed by atoms with Crippen LogP contribution in [0, 0.1) is 5.95 Å². The molecule has 0 aliphatic rings. The first-order valence-corrected chi connectivity index (χ1v) is 8.55. The van der Waals surface area contributed by atoms with Gasteiger partial charge in [-0.05, 0) is 29.3 Å². The lowest BCUT2D eigenvalue weighted by Gasteiger charge is -2.07. The van der Waals surface area contributed by atoms with E-state index in [0.29, 0.717) is 24.4 Å². The lowest BCUT2D eigenvalue weighted by molar-refractivity contribution is 0.425. The summed E-state index contributed by atoms with van der Waals surface area (Å²) in [5.74, 6) is 0.220. The van der Waals surface area contributed by atoms with Crippen molar-refractivity contribution in [2.24, 2.45) is 0 Å². The summed E-state index contributed by atoms with van der Waals surface area (Å²) in [6.07, 6.45) is 5.61. The van der Waals surface area contributed by atoms with E-state index in [4.69, 9.17) is 4.52 Å². The highest BCUT2D eigenvalue weighted by Crippen LogP contribution is 2.20. The molecule has 0 amide bonds. The Morgan fingerprint density at radius 3 is 2.59 bits per heavy atom. The molecule has 0 spiro atoms. The van der Waals surface area contributed by atoms with E-state index in [1.807, 2.05) is 30.3 Å². The fourth-order valence-corrected chi connectivity index (χ4v) is 2.74. The van der Waals surface area contributed by atoms with E-state index in [0.717, 1.165) is 22.4 Å². The number of hydrogen-bond donors (Lipinski definition) is 1. The van der Waals surface area contributed by atoms with Crippen LogP contribution < -0.4 is 5.32 Å². The van der Waals surface area contributed by atoms with E-state index in [9.17, 15) is 4.39 Å². The quantitative estimate of drug-likeness (QED) is 0.514. The Labute approximate surface area is 155 Å². The summed E-state index contributed by atoms with van der Waals surface area (Å²) in [6, 6.07) is 17.1. The normalized spacial score (nSPS) is 10.7. The molecule has 6 heteroatoms. The van der Waals surface area contributed by atoms with Crippen LogP contribution in [0.1, 0.15) is 16.8 Å². The molecular formula is C21H17FN4O. The minimum absolute atomic E-state index is 0.492. The molecule has 0 bridgehead atoms. The number of halogens is 1. The fraction of sp³-hybridized carbons (Fsp3) is 0.0952. The summed E-state index contributed by atoms with van der Waals surface area (Å²) in [5, 5.41) is 7.32. The first-order chi connectivity index (χ1) is 13.3. The van der Waals surface area contributed by atoms with Crippen molar-refractivity contribution in [1.82, 2.24) is 15.1 Å². The molecule has 0 aliphatic heterocycles. The predicted molar refractivity (Wildman–Crippen MR) is 101 cm³/mol. The number of rotatable bonds is 6. The predicted octanol–water partition coefficient (Wildman–Crippen LogP) is 4.47. The maximum Gasteiger partial charge on any atom is 0.214 e. The van der Waals surface area contributed by atoms with Gasteiger partial charge in [-0.1, -0.05) is 29.4 Å². The average Bonchev–Trinajstić information content (AvgIpc) is 3.17. The maximum absolute atomic E-state index is 13.1. The van der Waals surface area contributed by atoms with Crippen molar-refractivity contribution in [3.8, 4) is 11.3 Å². The van der Waals surface area contributed by atoms with Crippen LogP contribution in [0.3, 0.4) is 0 Å². The first-order valence-electron chi connectivity index (χ1n) is 8.55. The molecule has 0 unspecified atom stereocenters. The second-order valence-corrected chi connectivity index (χ2v) is 6.14. The molecule has 1 N–H and O–H groups in total. The Morgan fingerprint density at radius 2 is 1.81 bits per heavy atom. The minimum Gasteiger partial charge on any atom is -0.381 e. The van der Waals surface area contributed by atoms with Gasteiger partial charge in [-0.2, -0.15) is 4.39 Å². The van der Waals surface area contributed by atoms with Gasteiger partial charge in [0.2, 0.25) is 5.95 Å². The van der Waals surface area contributed by atoms with E-state index in [1.165, 1.54) is 12.3 Å². The summed E-state index contributed by atoms with van der Waals surface area (Å²) in [6.45, 7) is 0.610. The Hall–Kier alpha value is -3.54. The molecule has 3 heterocycles. The number of pyridine rings is 2. The third-order valence-electron chi connectivity index (χ3n) is 4.14. The zero-order valence-corrected chi connectivity index (χ0v) is 14.5. The maximum atomic E-state index is 13.1. The van der Waals surface area contributed by atoms with Gasteiger partial charge < -0.3 is 9.84 Å². The minimum atomic E-state index is -0.492. The Morgan fingerprint density at radius 1 is 0.963 bits per heavy atom. The fourth-order valence-electron chi connectivity index (χ4n) is 2.74. The standard InChI is InChI=1S/C21H17FN4O/c22-21-12-18(7-9-24-21)25-13-16-5-3-15(4-6-16)10-19-11-20(27-26-19)17-2-1-8-23-14-17/h1-9,11-12,14H,10,13H2,(H,24,25). The number of aromatic nitrogens is 3. The highest BCUT2D eigenvalue weighted by molar-refractivity contribution is 5.55. The molecule has 0 saturated heterocycles. The zero-order chi connectivity index (χ0) is 18.5. The summed E-state index contributed by atoms with van der Waals surface area (Å²) in [4.78, 5) is 7.63. The smallest absolute Gasteiger partial charge is 0.214 e. The Bertz CT molecular complexity index is 1020. The summed E-state index contributed by atoms with van der Waals surface area (Å²) in [5.41, 5.74) is 4.72. The molecule has 27 heavy (non-hydrogen) atoms. The largest absolute Gasteiger partial charge is 0.381 e. The molecule has 1 aromatic carbocycles. The zero-order valence-electron chi connectivity index (χ0n) is 14.5. The van der Waals surface area contributed by atoms with Crippen molar-refractivity contribution in [1.29, 1.82) is 0 Å². The van der Waals surface area contributed by atoms with Crippen LogP contribution in [0.15, 0.2) is 77.7 Å². The van der Waals surface area contributed by atoms with Gasteiger partial charge >= 0.3 is 0 Å². The van der Waals surface area contributed by atoms with Crippen molar-refractivity contribution >= 4 is 5.69 Å². The van der Waals surface area contributed by atoms with Gasteiger partial charge in [0.15, 0.2) is 5.76 Å². The first kappa shape index (κ1) is 16.9. The molecule has 0 fully saturated rings. The molecule has 0 radical (unpaired) electrons. The number of benzene rings is 1. The molecule has 4 aromatic rings. The van der Waals surface area contributed by atoms with Crippen LogP contribution in [0.4, 0.5) is 10.1 Å². The van der Waals surface area contributed by atoms with Crippen molar-refractivity contribution in [3.05, 3.63) is 96.0 Å². The van der Waals surface area contributed by atoms with Crippen LogP contribution in [0.25, 0.3) is 11.3 Å². The summed E-state index contributed by atoms with van der Waals surface area (Å²) < 4.78 is 18.5. The Balaban J connectivity index is 1.37. The number of nitrogens with zero attached hydrogens (tertiary/aromatic N) is 3. The molecule has 5 nitrogen and oxygen atoms in total. The summed E-state index contributed by atoms with van der Waals surface area (Å²) in [7, 11) is 0. The van der Waals surface area contributed by atoms with Gasteiger partial charge in [-0.15, -0.1) is 0 Å². The van der Waals surface area contributed by atoms with Gasteiger partial charge in [0, 0.05) is 54.9 Å². The number of nitrogens with one attached hydrogen (secondary N) is 1. The van der Waals surface area contributed by atoms with E-state index in [-0.39, 0.29) is 0 Å². The highest BCUT2D eigenvalue weighted by Gasteiger charge is 2.07.